The average molecular weight is 417 g/mol. The van der Waals surface area contributed by atoms with Crippen molar-refractivity contribution in [1.82, 2.24) is 15.3 Å². The Bertz CT molecular complexity index is 1140. The van der Waals surface area contributed by atoms with Crippen LogP contribution < -0.4 is 10.6 Å². The fourth-order valence-electron chi connectivity index (χ4n) is 3.24. The van der Waals surface area contributed by atoms with Crippen molar-refractivity contribution in [2.75, 3.05) is 5.32 Å². The number of thioether (sulfide) groups is 1. The third kappa shape index (κ3) is 4.58. The molecule has 1 atom stereocenters. The number of hydrogen-bond acceptors (Lipinski definition) is 6. The lowest BCUT2D eigenvalue weighted by Gasteiger charge is -2.15. The van der Waals surface area contributed by atoms with E-state index in [-0.39, 0.29) is 17.2 Å². The van der Waals surface area contributed by atoms with Gasteiger partial charge in [-0.05, 0) is 60.5 Å². The molecule has 30 heavy (non-hydrogen) atoms. The number of imide groups is 1. The molecule has 2 heterocycles. The smallest absolute Gasteiger partial charge is 0.290 e. The first kappa shape index (κ1) is 19.8. The van der Waals surface area contributed by atoms with Crippen LogP contribution in [0.25, 0.3) is 17.3 Å². The average Bonchev–Trinajstić information content (AvgIpc) is 3.05. The molecule has 0 saturated carbocycles. The van der Waals surface area contributed by atoms with Crippen LogP contribution >= 0.6 is 11.8 Å². The molecule has 1 fully saturated rings. The number of hydrogen-bond donors (Lipinski definition) is 2. The molecule has 1 aromatic heterocycles. The van der Waals surface area contributed by atoms with Crippen molar-refractivity contribution in [3.05, 3.63) is 82.5 Å². The van der Waals surface area contributed by atoms with Gasteiger partial charge < -0.3 is 5.32 Å². The third-order valence-electron chi connectivity index (χ3n) is 4.63. The first-order chi connectivity index (χ1) is 14.5. The Kier molecular flexibility index (Phi) is 5.63. The maximum Gasteiger partial charge on any atom is 0.290 e. The largest absolute Gasteiger partial charge is 0.362 e. The molecule has 0 bridgehead atoms. The summed E-state index contributed by atoms with van der Waals surface area (Å²) in [6.45, 7) is 4.05. The minimum absolute atomic E-state index is 0.0870. The number of rotatable bonds is 5. The van der Waals surface area contributed by atoms with E-state index < -0.39 is 0 Å². The highest BCUT2D eigenvalue weighted by atomic mass is 32.2. The van der Waals surface area contributed by atoms with Gasteiger partial charge in [0.2, 0.25) is 0 Å². The number of anilines is 1. The van der Waals surface area contributed by atoms with Gasteiger partial charge in [-0.3, -0.25) is 19.9 Å². The molecular weight excluding hydrogens is 396 g/mol. The van der Waals surface area contributed by atoms with E-state index in [9.17, 15) is 9.59 Å². The second kappa shape index (κ2) is 8.51. The van der Waals surface area contributed by atoms with Crippen LogP contribution in [0, 0.1) is 6.92 Å². The van der Waals surface area contributed by atoms with Gasteiger partial charge in [0.05, 0.1) is 23.0 Å². The van der Waals surface area contributed by atoms with Crippen molar-refractivity contribution in [3.8, 4) is 11.3 Å². The van der Waals surface area contributed by atoms with Crippen LogP contribution in [0.1, 0.15) is 29.7 Å². The number of nitrogens with zero attached hydrogens (tertiary/aromatic N) is 2. The van der Waals surface area contributed by atoms with E-state index in [0.717, 1.165) is 39.7 Å². The molecule has 4 rings (SSSR count). The highest BCUT2D eigenvalue weighted by Gasteiger charge is 2.25. The molecular formula is C23H20N4O2S. The molecule has 1 saturated heterocycles. The zero-order valence-electron chi connectivity index (χ0n) is 16.5. The number of aromatic nitrogens is 2. The highest BCUT2D eigenvalue weighted by Crippen LogP contribution is 2.28. The monoisotopic (exact) mass is 416 g/mol. The normalized spacial score (nSPS) is 15.9. The zero-order chi connectivity index (χ0) is 21.1. The summed E-state index contributed by atoms with van der Waals surface area (Å²) in [5.74, 6) is 0.315. The summed E-state index contributed by atoms with van der Waals surface area (Å²) >= 11 is 0.907. The van der Waals surface area contributed by atoms with E-state index in [4.69, 9.17) is 4.98 Å². The lowest BCUT2D eigenvalue weighted by molar-refractivity contribution is -0.115. The number of nitrogens with one attached hydrogen (secondary N) is 2. The van der Waals surface area contributed by atoms with Crippen LogP contribution in [0.15, 0.2) is 65.8 Å². The van der Waals surface area contributed by atoms with Gasteiger partial charge >= 0.3 is 0 Å². The quantitative estimate of drug-likeness (QED) is 0.573. The first-order valence-electron chi connectivity index (χ1n) is 9.48. The number of amides is 2. The topological polar surface area (TPSA) is 84.0 Å². The van der Waals surface area contributed by atoms with Crippen molar-refractivity contribution < 1.29 is 9.59 Å². The SMILES string of the molecule is Cc1cc(/C=C2/SC(=O)NC2=O)cc(-c2cncc(N[C@@H](C)c3ccccc3)n2)c1. The van der Waals surface area contributed by atoms with Crippen molar-refractivity contribution in [1.29, 1.82) is 0 Å². The predicted molar refractivity (Wildman–Crippen MR) is 120 cm³/mol. The maximum atomic E-state index is 11.8. The molecule has 0 aliphatic carbocycles. The fourth-order valence-corrected chi connectivity index (χ4v) is 3.92. The molecule has 2 aromatic carbocycles. The van der Waals surface area contributed by atoms with Gasteiger partial charge in [-0.25, -0.2) is 4.98 Å². The maximum absolute atomic E-state index is 11.8. The molecule has 1 aliphatic heterocycles. The van der Waals surface area contributed by atoms with Gasteiger partial charge in [-0.1, -0.05) is 36.4 Å². The number of benzene rings is 2. The van der Waals surface area contributed by atoms with Gasteiger partial charge in [0.1, 0.15) is 5.82 Å². The number of aryl methyl sites for hydroxylation is 1. The lowest BCUT2D eigenvalue weighted by atomic mass is 10.0. The van der Waals surface area contributed by atoms with Crippen LogP contribution in [0.4, 0.5) is 10.6 Å². The van der Waals surface area contributed by atoms with Gasteiger partial charge in [0.25, 0.3) is 11.1 Å². The molecule has 150 valence electrons. The molecule has 2 N–H and O–H groups in total. The second-order valence-corrected chi connectivity index (χ2v) is 8.07. The summed E-state index contributed by atoms with van der Waals surface area (Å²) in [4.78, 5) is 32.7. The zero-order valence-corrected chi connectivity index (χ0v) is 17.4. The highest BCUT2D eigenvalue weighted by molar-refractivity contribution is 8.18. The number of carbonyl (C=O) groups excluding carboxylic acids is 2. The molecule has 2 amide bonds. The minimum Gasteiger partial charge on any atom is -0.362 e. The van der Waals surface area contributed by atoms with Gasteiger partial charge in [0.15, 0.2) is 0 Å². The summed E-state index contributed by atoms with van der Waals surface area (Å²) in [6.07, 6.45) is 5.13. The van der Waals surface area contributed by atoms with Gasteiger partial charge in [0, 0.05) is 11.6 Å². The van der Waals surface area contributed by atoms with Crippen molar-refractivity contribution >= 4 is 34.8 Å². The van der Waals surface area contributed by atoms with Crippen LogP contribution in [0.3, 0.4) is 0 Å². The van der Waals surface area contributed by atoms with Gasteiger partial charge in [-0.2, -0.15) is 0 Å². The van der Waals surface area contributed by atoms with E-state index in [0.29, 0.717) is 10.7 Å². The van der Waals surface area contributed by atoms with E-state index in [2.05, 4.69) is 34.7 Å². The van der Waals surface area contributed by atoms with E-state index in [1.807, 2.05) is 43.3 Å². The van der Waals surface area contributed by atoms with Crippen molar-refractivity contribution in [2.24, 2.45) is 0 Å². The number of carbonyl (C=O) groups is 2. The van der Waals surface area contributed by atoms with Crippen LogP contribution in [-0.4, -0.2) is 21.1 Å². The minimum atomic E-state index is -0.367. The van der Waals surface area contributed by atoms with Crippen LogP contribution in [-0.2, 0) is 4.79 Å². The molecule has 1 aliphatic rings. The third-order valence-corrected chi connectivity index (χ3v) is 5.44. The first-order valence-corrected chi connectivity index (χ1v) is 10.3. The van der Waals surface area contributed by atoms with E-state index >= 15 is 0 Å². The van der Waals surface area contributed by atoms with E-state index in [1.54, 1.807) is 18.5 Å². The molecule has 0 radical (unpaired) electrons. The van der Waals surface area contributed by atoms with Crippen molar-refractivity contribution in [3.63, 3.8) is 0 Å². The predicted octanol–water partition coefficient (Wildman–Crippen LogP) is 4.95. The fraction of sp³-hybridized carbons (Fsp3) is 0.130. The van der Waals surface area contributed by atoms with E-state index in [1.165, 1.54) is 0 Å². The molecule has 3 aromatic rings. The van der Waals surface area contributed by atoms with Crippen molar-refractivity contribution in [2.45, 2.75) is 19.9 Å². The Morgan fingerprint density at radius 3 is 2.63 bits per heavy atom. The summed E-state index contributed by atoms with van der Waals surface area (Å²) in [5.41, 5.74) is 4.63. The Morgan fingerprint density at radius 1 is 1.10 bits per heavy atom. The standard InChI is InChI=1S/C23H20N4O2S/c1-14-8-16(11-20-22(28)27-23(29)30-20)10-18(9-14)19-12-24-13-21(26-19)25-15(2)17-6-4-3-5-7-17/h3-13,15H,1-2H3,(H,25,26)(H,27,28,29)/b20-11+/t15-/m0/s1. The summed E-state index contributed by atoms with van der Waals surface area (Å²) in [6, 6.07) is 16.1. The Balaban J connectivity index is 1.61. The van der Waals surface area contributed by atoms with Gasteiger partial charge in [-0.15, -0.1) is 0 Å². The summed E-state index contributed by atoms with van der Waals surface area (Å²) in [7, 11) is 0. The molecule has 0 spiro atoms. The van der Waals surface area contributed by atoms with Crippen LogP contribution in [0.2, 0.25) is 0 Å². The molecule has 6 nitrogen and oxygen atoms in total. The Labute approximate surface area is 178 Å². The van der Waals surface area contributed by atoms with Crippen LogP contribution in [0.5, 0.6) is 0 Å². The summed E-state index contributed by atoms with van der Waals surface area (Å²) < 4.78 is 0. The second-order valence-electron chi connectivity index (χ2n) is 7.05. The Morgan fingerprint density at radius 2 is 1.90 bits per heavy atom. The lowest BCUT2D eigenvalue weighted by Crippen LogP contribution is -2.17. The molecule has 0 unspecified atom stereocenters. The Hall–Kier alpha value is -3.45. The summed E-state index contributed by atoms with van der Waals surface area (Å²) in [5, 5.41) is 5.31. The molecule has 7 heteroatoms.